The number of amides is 3. The Kier molecular flexibility index (Phi) is 3.94. The monoisotopic (exact) mass is 393 g/mol. The fourth-order valence-corrected chi connectivity index (χ4v) is 3.88. The number of aromatic nitrogens is 1. The molecule has 1 atom stereocenters. The minimum Gasteiger partial charge on any atom is -0.440 e. The molecule has 1 saturated heterocycles. The molecular formula is C21H16FN3O4. The molecule has 1 N–H and O–H groups in total. The highest BCUT2D eigenvalue weighted by Crippen LogP contribution is 2.31. The fraction of sp³-hybridized carbons (Fsp3) is 0.238. The summed E-state index contributed by atoms with van der Waals surface area (Å²) in [6, 6.07) is 9.33. The van der Waals surface area contributed by atoms with Gasteiger partial charge in [-0.25, -0.2) is 9.37 Å². The van der Waals surface area contributed by atoms with E-state index >= 15 is 0 Å². The van der Waals surface area contributed by atoms with E-state index in [0.29, 0.717) is 41.7 Å². The Morgan fingerprint density at radius 2 is 2.03 bits per heavy atom. The third-order valence-electron chi connectivity index (χ3n) is 5.38. The second kappa shape index (κ2) is 6.51. The molecule has 146 valence electrons. The second-order valence-electron chi connectivity index (χ2n) is 7.22. The topological polar surface area (TPSA) is 92.5 Å². The molecule has 29 heavy (non-hydrogen) atoms. The van der Waals surface area contributed by atoms with E-state index in [-0.39, 0.29) is 29.9 Å². The molecule has 3 amide bonds. The molecule has 2 aliphatic rings. The lowest BCUT2D eigenvalue weighted by Gasteiger charge is -2.17. The van der Waals surface area contributed by atoms with Crippen molar-refractivity contribution in [1.29, 1.82) is 0 Å². The molecule has 0 aliphatic carbocycles. The summed E-state index contributed by atoms with van der Waals surface area (Å²) in [5, 5.41) is 2.28. The van der Waals surface area contributed by atoms with Crippen molar-refractivity contribution in [3.63, 3.8) is 0 Å². The molecule has 0 saturated carbocycles. The van der Waals surface area contributed by atoms with Crippen LogP contribution in [0, 0.1) is 5.82 Å². The minimum atomic E-state index is -0.632. The normalized spacial score (nSPS) is 18.8. The van der Waals surface area contributed by atoms with E-state index in [2.05, 4.69) is 10.3 Å². The van der Waals surface area contributed by atoms with Gasteiger partial charge < -0.3 is 9.32 Å². The van der Waals surface area contributed by atoms with E-state index in [1.807, 2.05) is 0 Å². The van der Waals surface area contributed by atoms with E-state index in [1.54, 1.807) is 29.2 Å². The Bertz CT molecular complexity index is 1190. The molecule has 0 bridgehead atoms. The summed E-state index contributed by atoms with van der Waals surface area (Å²) in [5.74, 6) is -1.78. The molecule has 2 aliphatic heterocycles. The highest BCUT2D eigenvalue weighted by atomic mass is 19.1. The van der Waals surface area contributed by atoms with Crippen LogP contribution < -0.4 is 10.2 Å². The summed E-state index contributed by atoms with van der Waals surface area (Å²) in [7, 11) is 0. The zero-order valence-corrected chi connectivity index (χ0v) is 15.3. The van der Waals surface area contributed by atoms with Gasteiger partial charge in [0.15, 0.2) is 5.58 Å². The molecule has 2 aromatic carbocycles. The van der Waals surface area contributed by atoms with Gasteiger partial charge in [-0.2, -0.15) is 0 Å². The maximum absolute atomic E-state index is 13.6. The number of oxazole rings is 1. The highest BCUT2D eigenvalue weighted by molar-refractivity contribution is 6.08. The summed E-state index contributed by atoms with van der Waals surface area (Å²) in [6.07, 6.45) is 1.23. The predicted molar refractivity (Wildman–Crippen MR) is 101 cm³/mol. The number of imide groups is 1. The third-order valence-corrected chi connectivity index (χ3v) is 5.38. The van der Waals surface area contributed by atoms with Crippen molar-refractivity contribution in [2.24, 2.45) is 0 Å². The number of rotatable bonds is 2. The van der Waals surface area contributed by atoms with Gasteiger partial charge in [0.25, 0.3) is 5.91 Å². The van der Waals surface area contributed by atoms with Crippen LogP contribution in [0.15, 0.2) is 40.8 Å². The van der Waals surface area contributed by atoms with Crippen molar-refractivity contribution in [1.82, 2.24) is 10.3 Å². The van der Waals surface area contributed by atoms with E-state index in [1.165, 1.54) is 12.1 Å². The van der Waals surface area contributed by atoms with Crippen molar-refractivity contribution in [2.75, 3.05) is 11.4 Å². The zero-order chi connectivity index (χ0) is 20.1. The van der Waals surface area contributed by atoms with Gasteiger partial charge in [0, 0.05) is 18.5 Å². The second-order valence-corrected chi connectivity index (χ2v) is 7.22. The van der Waals surface area contributed by atoms with Crippen molar-refractivity contribution < 1.29 is 23.2 Å². The molecule has 3 aromatic rings. The lowest BCUT2D eigenvalue weighted by molar-refractivity contribution is -0.134. The summed E-state index contributed by atoms with van der Waals surface area (Å²) >= 11 is 0. The Morgan fingerprint density at radius 1 is 1.17 bits per heavy atom. The van der Waals surface area contributed by atoms with E-state index in [4.69, 9.17) is 4.42 Å². The number of fused-ring (bicyclic) bond motifs is 2. The molecule has 0 spiro atoms. The Balaban J connectivity index is 1.45. The van der Waals surface area contributed by atoms with Crippen LogP contribution in [-0.4, -0.2) is 29.3 Å². The molecule has 1 aromatic heterocycles. The average Bonchev–Trinajstić information content (AvgIpc) is 3.30. The first-order chi connectivity index (χ1) is 14.0. The van der Waals surface area contributed by atoms with Crippen molar-refractivity contribution in [3.05, 3.63) is 59.2 Å². The molecule has 1 unspecified atom stereocenters. The molecule has 1 fully saturated rings. The molecule has 0 radical (unpaired) electrons. The minimum absolute atomic E-state index is 0.225. The van der Waals surface area contributed by atoms with Crippen LogP contribution in [0.2, 0.25) is 0 Å². The zero-order valence-electron chi connectivity index (χ0n) is 15.3. The Hall–Kier alpha value is -3.55. The van der Waals surface area contributed by atoms with Crippen LogP contribution in [-0.2, 0) is 16.0 Å². The van der Waals surface area contributed by atoms with Crippen LogP contribution in [0.25, 0.3) is 11.1 Å². The maximum Gasteiger partial charge on any atom is 0.258 e. The number of anilines is 1. The number of carbonyl (C=O) groups is 3. The Morgan fingerprint density at radius 3 is 2.86 bits per heavy atom. The quantitative estimate of drug-likeness (QED) is 0.676. The first-order valence-electron chi connectivity index (χ1n) is 9.34. The predicted octanol–water partition coefficient (Wildman–Crippen LogP) is 2.69. The van der Waals surface area contributed by atoms with E-state index in [0.717, 1.165) is 5.56 Å². The van der Waals surface area contributed by atoms with Crippen LogP contribution >= 0.6 is 0 Å². The molecule has 3 heterocycles. The van der Waals surface area contributed by atoms with Gasteiger partial charge in [-0.05, 0) is 48.7 Å². The largest absolute Gasteiger partial charge is 0.440 e. The number of nitrogens with zero attached hydrogens (tertiary/aromatic N) is 2. The Labute approximate surface area is 164 Å². The van der Waals surface area contributed by atoms with E-state index in [9.17, 15) is 18.8 Å². The van der Waals surface area contributed by atoms with Gasteiger partial charge in [-0.3, -0.25) is 19.7 Å². The summed E-state index contributed by atoms with van der Waals surface area (Å²) in [5.41, 5.74) is 2.82. The van der Waals surface area contributed by atoms with E-state index < -0.39 is 11.8 Å². The lowest BCUT2D eigenvalue weighted by Crippen LogP contribution is -2.39. The summed E-state index contributed by atoms with van der Waals surface area (Å²) in [4.78, 5) is 42.3. The van der Waals surface area contributed by atoms with Gasteiger partial charge in [-0.1, -0.05) is 6.07 Å². The van der Waals surface area contributed by atoms with Crippen molar-refractivity contribution in [3.8, 4) is 0 Å². The van der Waals surface area contributed by atoms with Crippen LogP contribution in [0.5, 0.6) is 0 Å². The van der Waals surface area contributed by atoms with Gasteiger partial charge in [0.1, 0.15) is 17.3 Å². The number of nitrogens with one attached hydrogen (secondary N) is 1. The number of halogens is 1. The number of benzene rings is 2. The first kappa shape index (κ1) is 17.5. The number of piperidine rings is 1. The summed E-state index contributed by atoms with van der Waals surface area (Å²) < 4.78 is 19.3. The molecular weight excluding hydrogens is 377 g/mol. The maximum atomic E-state index is 13.6. The first-order valence-corrected chi connectivity index (χ1v) is 9.34. The number of carbonyl (C=O) groups excluding carboxylic acids is 3. The number of hydrogen-bond donors (Lipinski definition) is 1. The van der Waals surface area contributed by atoms with Gasteiger partial charge in [0.2, 0.25) is 17.7 Å². The van der Waals surface area contributed by atoms with Gasteiger partial charge in [0.05, 0.1) is 5.69 Å². The lowest BCUT2D eigenvalue weighted by atomic mass is 9.98. The smallest absolute Gasteiger partial charge is 0.258 e. The van der Waals surface area contributed by atoms with Crippen molar-refractivity contribution in [2.45, 2.75) is 25.2 Å². The highest BCUT2D eigenvalue weighted by Gasteiger charge is 2.32. The third kappa shape index (κ3) is 2.97. The number of hydrogen-bond acceptors (Lipinski definition) is 5. The van der Waals surface area contributed by atoms with Gasteiger partial charge in [-0.15, -0.1) is 0 Å². The average molecular weight is 393 g/mol. The van der Waals surface area contributed by atoms with Crippen LogP contribution in [0.1, 0.15) is 40.6 Å². The molecule has 8 heteroatoms. The molecule has 7 nitrogen and oxygen atoms in total. The van der Waals surface area contributed by atoms with Crippen LogP contribution in [0.3, 0.4) is 0 Å². The molecule has 5 rings (SSSR count). The SMILES string of the molecule is O=C1CCC(c2nc3cc(C(=O)N4CCc5ccc(F)cc54)ccc3o2)C(=O)N1. The van der Waals surface area contributed by atoms with Crippen molar-refractivity contribution >= 4 is 34.5 Å². The van der Waals surface area contributed by atoms with Crippen LogP contribution in [0.4, 0.5) is 10.1 Å². The standard InChI is InChI=1S/C21H16FN3O4/c22-13-3-1-11-7-8-25(16(11)10-13)21(28)12-2-5-17-15(9-12)23-20(29-17)14-4-6-18(26)24-19(14)27/h1-3,5,9-10,14H,4,6-8H2,(H,24,26,27). The fourth-order valence-electron chi connectivity index (χ4n) is 3.88. The summed E-state index contributed by atoms with van der Waals surface area (Å²) in [6.45, 7) is 0.482. The van der Waals surface area contributed by atoms with Gasteiger partial charge >= 0.3 is 0 Å².